The van der Waals surface area contributed by atoms with Gasteiger partial charge in [-0.15, -0.1) is 22.7 Å². The molecule has 10 aromatic rings. The molecular formula is C54H48BN2S2. The van der Waals surface area contributed by atoms with Crippen molar-refractivity contribution in [2.24, 2.45) is 0 Å². The summed E-state index contributed by atoms with van der Waals surface area (Å²) in [7, 11) is 2.52. The summed E-state index contributed by atoms with van der Waals surface area (Å²) in [5, 5.41) is 12.0. The Morgan fingerprint density at radius 2 is 1.15 bits per heavy atom. The van der Waals surface area contributed by atoms with Gasteiger partial charge in [0.05, 0.1) is 5.52 Å². The van der Waals surface area contributed by atoms with Crippen molar-refractivity contribution in [3.63, 3.8) is 0 Å². The zero-order valence-electron chi connectivity index (χ0n) is 35.4. The fourth-order valence-electron chi connectivity index (χ4n) is 9.41. The summed E-state index contributed by atoms with van der Waals surface area (Å²) < 4.78 is 7.94. The lowest BCUT2D eigenvalue weighted by Crippen LogP contribution is -2.37. The normalized spacial score (nSPS) is 13.3. The number of aromatic nitrogens is 1. The van der Waals surface area contributed by atoms with Crippen molar-refractivity contribution in [2.45, 2.75) is 78.6 Å². The van der Waals surface area contributed by atoms with E-state index >= 15 is 0 Å². The number of nitrogens with one attached hydrogen (secondary N) is 1. The number of hydrogen-bond acceptors (Lipinski definition) is 3. The van der Waals surface area contributed by atoms with E-state index in [2.05, 4.69) is 201 Å². The minimum absolute atomic E-state index is 0.00618. The average molecular weight is 800 g/mol. The summed E-state index contributed by atoms with van der Waals surface area (Å²) in [5.74, 6) is 0. The van der Waals surface area contributed by atoms with Crippen molar-refractivity contribution in [1.82, 2.24) is 4.57 Å². The molecule has 0 saturated carbocycles. The van der Waals surface area contributed by atoms with Crippen molar-refractivity contribution in [2.75, 3.05) is 5.32 Å². The zero-order valence-corrected chi connectivity index (χ0v) is 37.0. The first-order valence-electron chi connectivity index (χ1n) is 20.9. The largest absolute Gasteiger partial charge is 0.355 e. The fraction of sp³-hybridized carbons (Fsp3) is 0.222. The van der Waals surface area contributed by atoms with Gasteiger partial charge in [-0.3, -0.25) is 0 Å². The smallest absolute Gasteiger partial charge is 0.198 e. The van der Waals surface area contributed by atoms with E-state index in [1.54, 1.807) is 0 Å². The monoisotopic (exact) mass is 799 g/mol. The first kappa shape index (κ1) is 36.7. The van der Waals surface area contributed by atoms with Crippen LogP contribution in [0.1, 0.15) is 79.0 Å². The molecule has 1 aliphatic heterocycles. The van der Waals surface area contributed by atoms with Gasteiger partial charge in [0.1, 0.15) is 0 Å². The van der Waals surface area contributed by atoms with Gasteiger partial charge in [-0.25, -0.2) is 0 Å². The Balaban J connectivity index is 1.30. The molecule has 59 heavy (non-hydrogen) atoms. The van der Waals surface area contributed by atoms with Crippen LogP contribution in [0.5, 0.6) is 0 Å². The van der Waals surface area contributed by atoms with Crippen molar-refractivity contribution in [3.8, 4) is 16.8 Å². The minimum atomic E-state index is -0.0381. The molecule has 0 amide bonds. The van der Waals surface area contributed by atoms with Gasteiger partial charge < -0.3 is 9.88 Å². The molecule has 0 fully saturated rings. The lowest BCUT2D eigenvalue weighted by Gasteiger charge is -2.26. The van der Waals surface area contributed by atoms with Crippen LogP contribution in [0, 0.1) is 0 Å². The summed E-state index contributed by atoms with van der Waals surface area (Å²) >= 11 is 3.84. The zero-order chi connectivity index (χ0) is 40.7. The Hall–Kier alpha value is -5.36. The fourth-order valence-corrected chi connectivity index (χ4v) is 11.8. The third kappa shape index (κ3) is 5.65. The second-order valence-corrected chi connectivity index (χ2v) is 21.9. The minimum Gasteiger partial charge on any atom is -0.355 e. The predicted molar refractivity (Wildman–Crippen MR) is 263 cm³/mol. The molecule has 1 aliphatic rings. The maximum Gasteiger partial charge on any atom is 0.198 e. The number of benzene rings is 7. The lowest BCUT2D eigenvalue weighted by molar-refractivity contribution is 0.590. The van der Waals surface area contributed by atoms with E-state index in [0.29, 0.717) is 0 Å². The van der Waals surface area contributed by atoms with Crippen molar-refractivity contribution in [3.05, 3.63) is 138 Å². The number of nitrogens with zero attached hydrogens (tertiary/aromatic N) is 1. The van der Waals surface area contributed by atoms with E-state index in [4.69, 9.17) is 0 Å². The Bertz CT molecular complexity index is 3370. The highest BCUT2D eigenvalue weighted by atomic mass is 32.1. The van der Waals surface area contributed by atoms with Crippen LogP contribution in [0.3, 0.4) is 0 Å². The van der Waals surface area contributed by atoms with Crippen LogP contribution in [0.2, 0.25) is 0 Å². The van der Waals surface area contributed by atoms with Crippen LogP contribution in [0.15, 0.2) is 121 Å². The highest BCUT2D eigenvalue weighted by molar-refractivity contribution is 7.27. The summed E-state index contributed by atoms with van der Waals surface area (Å²) in [5.41, 5.74) is 15.2. The number of thiophene rings is 2. The van der Waals surface area contributed by atoms with Crippen LogP contribution in [-0.4, -0.2) is 11.8 Å². The average Bonchev–Trinajstić information content (AvgIpc) is 3.86. The van der Waals surface area contributed by atoms with Gasteiger partial charge in [0.15, 0.2) is 7.28 Å². The van der Waals surface area contributed by atoms with Crippen LogP contribution in [-0.2, 0) is 16.2 Å². The van der Waals surface area contributed by atoms with Crippen LogP contribution >= 0.6 is 22.7 Å². The Morgan fingerprint density at radius 1 is 0.525 bits per heavy atom. The number of rotatable bonds is 3. The number of anilines is 2. The molecule has 0 bridgehead atoms. The van der Waals surface area contributed by atoms with E-state index in [1.165, 1.54) is 107 Å². The molecule has 5 heteroatoms. The van der Waals surface area contributed by atoms with E-state index in [0.717, 1.165) is 11.4 Å². The van der Waals surface area contributed by atoms with Gasteiger partial charge in [-0.05, 0) is 105 Å². The van der Waals surface area contributed by atoms with Gasteiger partial charge in [-0.2, -0.15) is 0 Å². The predicted octanol–water partition coefficient (Wildman–Crippen LogP) is 14.8. The summed E-state index contributed by atoms with van der Waals surface area (Å²) in [6.45, 7) is 20.8. The Labute approximate surface area is 355 Å². The number of fused-ring (bicyclic) bond motifs is 12. The van der Waals surface area contributed by atoms with Gasteiger partial charge in [0, 0.05) is 79.3 Å². The van der Waals surface area contributed by atoms with Crippen LogP contribution < -0.4 is 16.2 Å². The molecule has 4 heterocycles. The molecule has 11 rings (SSSR count). The molecule has 0 aliphatic carbocycles. The molecule has 0 saturated heterocycles. The highest BCUT2D eigenvalue weighted by Gasteiger charge is 2.32. The SMILES string of the molecule is CC(C)(C)c1ccc(Nc2ccc(C(C)(C)C)cc2-c2c3c4c(c5cc(C(C)(C)C)ccc5n4-c4cc5c(cc4[B]3)sc3ccccc35)c3c2sc2ccccc23)cc1. The maximum atomic E-state index is 3.95. The first-order chi connectivity index (χ1) is 28.1. The lowest BCUT2D eigenvalue weighted by atomic mass is 9.58. The molecular weight excluding hydrogens is 752 g/mol. The molecule has 2 nitrogen and oxygen atoms in total. The third-order valence-electron chi connectivity index (χ3n) is 12.7. The van der Waals surface area contributed by atoms with Crippen molar-refractivity contribution >= 4 is 114 Å². The first-order valence-corrected chi connectivity index (χ1v) is 22.6. The van der Waals surface area contributed by atoms with Crippen LogP contribution in [0.25, 0.3) is 79.0 Å². The highest BCUT2D eigenvalue weighted by Crippen LogP contribution is 2.50. The Morgan fingerprint density at radius 3 is 1.86 bits per heavy atom. The maximum absolute atomic E-state index is 3.95. The topological polar surface area (TPSA) is 17.0 Å². The second-order valence-electron chi connectivity index (χ2n) is 19.7. The van der Waals surface area contributed by atoms with E-state index in [-0.39, 0.29) is 16.2 Å². The quantitative estimate of drug-likeness (QED) is 0.176. The van der Waals surface area contributed by atoms with Gasteiger partial charge in [-0.1, -0.05) is 128 Å². The van der Waals surface area contributed by atoms with Gasteiger partial charge >= 0.3 is 0 Å². The van der Waals surface area contributed by atoms with Crippen LogP contribution in [0.4, 0.5) is 11.4 Å². The van der Waals surface area contributed by atoms with Crippen molar-refractivity contribution < 1.29 is 0 Å². The molecule has 289 valence electrons. The van der Waals surface area contributed by atoms with Gasteiger partial charge in [0.2, 0.25) is 0 Å². The van der Waals surface area contributed by atoms with E-state index in [1.807, 2.05) is 22.7 Å². The molecule has 3 aromatic heterocycles. The number of hydrogen-bond donors (Lipinski definition) is 1. The molecule has 1 N–H and O–H groups in total. The molecule has 0 spiro atoms. The standard InChI is InChI=1S/C54H48BN2S2/c1-52(2,3)30-18-22-33(23-19-30)56-40-24-20-31(53(4,5)6)26-37(40)48-49-50-46(47-35-15-11-13-17-44(35)59-51(47)48)38-27-32(54(7,8)9)21-25-41(38)57(50)42-28-36-34-14-10-12-16-43(34)58-45(36)29-39(42)55-49/h10-29,56H,1-9H3. The molecule has 1 radical (unpaired) electrons. The summed E-state index contributed by atoms with van der Waals surface area (Å²) in [4.78, 5) is 0. The molecule has 7 aromatic carbocycles. The summed E-state index contributed by atoms with van der Waals surface area (Å²) in [6, 6.07) is 46.3. The third-order valence-corrected chi connectivity index (χ3v) is 15.0. The second kappa shape index (κ2) is 12.6. The summed E-state index contributed by atoms with van der Waals surface area (Å²) in [6.07, 6.45) is 0. The molecule has 0 atom stereocenters. The molecule has 0 unspecified atom stereocenters. The van der Waals surface area contributed by atoms with Gasteiger partial charge in [0.25, 0.3) is 0 Å². The Kier molecular flexibility index (Phi) is 7.83. The van der Waals surface area contributed by atoms with Crippen molar-refractivity contribution in [1.29, 1.82) is 0 Å². The van der Waals surface area contributed by atoms with E-state index < -0.39 is 0 Å². The van der Waals surface area contributed by atoms with E-state index in [9.17, 15) is 0 Å².